The molecular weight excluding hydrogens is 262 g/mol. The van der Waals surface area contributed by atoms with E-state index in [1.807, 2.05) is 44.3 Å². The molecule has 0 saturated carbocycles. The molecule has 2 aromatic carbocycles. The summed E-state index contributed by atoms with van der Waals surface area (Å²) in [5, 5.41) is 3.29. The van der Waals surface area contributed by atoms with E-state index >= 15 is 0 Å². The molecule has 0 heterocycles. The van der Waals surface area contributed by atoms with Crippen LogP contribution in [0.25, 0.3) is 0 Å². The van der Waals surface area contributed by atoms with E-state index in [4.69, 9.17) is 9.47 Å². The Morgan fingerprint density at radius 1 is 1.00 bits per heavy atom. The first-order valence-corrected chi connectivity index (χ1v) is 7.33. The van der Waals surface area contributed by atoms with Crippen molar-refractivity contribution >= 4 is 0 Å². The summed E-state index contributed by atoms with van der Waals surface area (Å²) in [6.45, 7) is 5.32. The summed E-state index contributed by atoms with van der Waals surface area (Å²) in [5.41, 5.74) is 2.34. The highest BCUT2D eigenvalue weighted by Crippen LogP contribution is 2.21. The fourth-order valence-corrected chi connectivity index (χ4v) is 2.20. The van der Waals surface area contributed by atoms with Gasteiger partial charge < -0.3 is 14.8 Å². The maximum atomic E-state index is 5.93. The molecule has 112 valence electrons. The lowest BCUT2D eigenvalue weighted by Crippen LogP contribution is -2.23. The molecule has 0 bridgehead atoms. The summed E-state index contributed by atoms with van der Waals surface area (Å²) in [5.74, 6) is 1.83. The van der Waals surface area contributed by atoms with E-state index in [9.17, 15) is 0 Å². The molecule has 0 spiro atoms. The van der Waals surface area contributed by atoms with Crippen molar-refractivity contribution in [1.29, 1.82) is 0 Å². The Balaban J connectivity index is 2.01. The first-order valence-electron chi connectivity index (χ1n) is 7.33. The fraction of sp³-hybridized carbons (Fsp3) is 0.333. The van der Waals surface area contributed by atoms with Gasteiger partial charge in [0.2, 0.25) is 0 Å². The van der Waals surface area contributed by atoms with Gasteiger partial charge in [0.1, 0.15) is 18.1 Å². The second kappa shape index (κ2) is 7.70. The van der Waals surface area contributed by atoms with E-state index in [1.165, 1.54) is 5.56 Å². The van der Waals surface area contributed by atoms with Crippen LogP contribution in [-0.4, -0.2) is 20.3 Å². The predicted molar refractivity (Wildman–Crippen MR) is 86.1 cm³/mol. The van der Waals surface area contributed by atoms with Gasteiger partial charge in [0.25, 0.3) is 0 Å². The summed E-state index contributed by atoms with van der Waals surface area (Å²) in [6, 6.07) is 16.4. The van der Waals surface area contributed by atoms with E-state index in [1.54, 1.807) is 0 Å². The molecule has 1 unspecified atom stereocenters. The SMILES string of the molecule is CCOc1ccc(C(COc2ccccc2C)NC)cc1. The molecule has 2 rings (SSSR count). The Labute approximate surface area is 126 Å². The summed E-state index contributed by atoms with van der Waals surface area (Å²) in [6.07, 6.45) is 0. The fourth-order valence-electron chi connectivity index (χ4n) is 2.20. The Bertz CT molecular complexity index is 551. The van der Waals surface area contributed by atoms with Gasteiger partial charge in [-0.1, -0.05) is 30.3 Å². The predicted octanol–water partition coefficient (Wildman–Crippen LogP) is 3.73. The zero-order chi connectivity index (χ0) is 15.1. The van der Waals surface area contributed by atoms with E-state index in [0.717, 1.165) is 17.1 Å². The largest absolute Gasteiger partial charge is 0.494 e. The molecule has 0 saturated heterocycles. The average molecular weight is 285 g/mol. The molecule has 0 radical (unpaired) electrons. The molecule has 3 nitrogen and oxygen atoms in total. The topological polar surface area (TPSA) is 30.5 Å². The normalized spacial score (nSPS) is 12.0. The van der Waals surface area contributed by atoms with Crippen LogP contribution in [0.3, 0.4) is 0 Å². The Morgan fingerprint density at radius 2 is 1.71 bits per heavy atom. The second-order valence-electron chi connectivity index (χ2n) is 4.92. The standard InChI is InChI=1S/C18H23NO2/c1-4-20-16-11-9-15(10-12-16)17(19-3)13-21-18-8-6-5-7-14(18)2/h5-12,17,19H,4,13H2,1-3H3. The van der Waals surface area contributed by atoms with Crippen molar-refractivity contribution in [3.05, 3.63) is 59.7 Å². The molecule has 0 aliphatic heterocycles. The zero-order valence-corrected chi connectivity index (χ0v) is 12.9. The molecule has 1 N–H and O–H groups in total. The number of aryl methyl sites for hydroxylation is 1. The minimum Gasteiger partial charge on any atom is -0.494 e. The summed E-state index contributed by atoms with van der Waals surface area (Å²) < 4.78 is 11.4. The van der Waals surface area contributed by atoms with Crippen molar-refractivity contribution in [3.63, 3.8) is 0 Å². The number of likely N-dealkylation sites (N-methyl/N-ethyl adjacent to an activating group) is 1. The number of hydrogen-bond donors (Lipinski definition) is 1. The van der Waals surface area contributed by atoms with Crippen molar-refractivity contribution in [2.45, 2.75) is 19.9 Å². The van der Waals surface area contributed by atoms with Crippen LogP contribution in [0.4, 0.5) is 0 Å². The van der Waals surface area contributed by atoms with Crippen LogP contribution in [0.5, 0.6) is 11.5 Å². The first-order chi connectivity index (χ1) is 10.2. The maximum Gasteiger partial charge on any atom is 0.122 e. The lowest BCUT2D eigenvalue weighted by Gasteiger charge is -2.18. The van der Waals surface area contributed by atoms with Crippen LogP contribution in [0.15, 0.2) is 48.5 Å². The quantitative estimate of drug-likeness (QED) is 0.840. The third-order valence-corrected chi connectivity index (χ3v) is 3.44. The monoisotopic (exact) mass is 285 g/mol. The van der Waals surface area contributed by atoms with E-state index in [2.05, 4.69) is 30.4 Å². The van der Waals surface area contributed by atoms with Crippen LogP contribution in [0, 0.1) is 6.92 Å². The minimum absolute atomic E-state index is 0.153. The molecule has 0 aliphatic rings. The smallest absolute Gasteiger partial charge is 0.122 e. The van der Waals surface area contributed by atoms with Crippen LogP contribution >= 0.6 is 0 Å². The average Bonchev–Trinajstić information content (AvgIpc) is 2.51. The summed E-state index contributed by atoms with van der Waals surface area (Å²) in [7, 11) is 1.95. The van der Waals surface area contributed by atoms with Gasteiger partial charge in [0.05, 0.1) is 12.6 Å². The van der Waals surface area contributed by atoms with Crippen molar-refractivity contribution in [2.24, 2.45) is 0 Å². The van der Waals surface area contributed by atoms with Crippen LogP contribution in [0.2, 0.25) is 0 Å². The number of para-hydroxylation sites is 1. The molecule has 1 atom stereocenters. The highest BCUT2D eigenvalue weighted by atomic mass is 16.5. The van der Waals surface area contributed by atoms with E-state index in [-0.39, 0.29) is 6.04 Å². The van der Waals surface area contributed by atoms with Crippen LogP contribution < -0.4 is 14.8 Å². The van der Waals surface area contributed by atoms with Gasteiger partial charge in [0.15, 0.2) is 0 Å². The lowest BCUT2D eigenvalue weighted by molar-refractivity contribution is 0.271. The van der Waals surface area contributed by atoms with Crippen molar-refractivity contribution in [3.8, 4) is 11.5 Å². The highest BCUT2D eigenvalue weighted by molar-refractivity contribution is 5.32. The van der Waals surface area contributed by atoms with Gasteiger partial charge >= 0.3 is 0 Å². The van der Waals surface area contributed by atoms with Crippen molar-refractivity contribution < 1.29 is 9.47 Å². The summed E-state index contributed by atoms with van der Waals surface area (Å²) in [4.78, 5) is 0. The number of rotatable bonds is 7. The van der Waals surface area contributed by atoms with E-state index < -0.39 is 0 Å². The third-order valence-electron chi connectivity index (χ3n) is 3.44. The molecule has 0 amide bonds. The zero-order valence-electron chi connectivity index (χ0n) is 12.9. The molecule has 0 fully saturated rings. The molecular formula is C18H23NO2. The Kier molecular flexibility index (Phi) is 5.64. The van der Waals surface area contributed by atoms with Gasteiger partial charge in [-0.15, -0.1) is 0 Å². The van der Waals surface area contributed by atoms with Gasteiger partial charge in [-0.05, 0) is 50.2 Å². The number of hydrogen-bond acceptors (Lipinski definition) is 3. The Hall–Kier alpha value is -2.00. The minimum atomic E-state index is 0.153. The first kappa shape index (κ1) is 15.4. The molecule has 3 heteroatoms. The third kappa shape index (κ3) is 4.23. The highest BCUT2D eigenvalue weighted by Gasteiger charge is 2.11. The van der Waals surface area contributed by atoms with Crippen LogP contribution in [0.1, 0.15) is 24.1 Å². The number of nitrogens with one attached hydrogen (secondary N) is 1. The van der Waals surface area contributed by atoms with Gasteiger partial charge in [-0.25, -0.2) is 0 Å². The van der Waals surface area contributed by atoms with Crippen LogP contribution in [-0.2, 0) is 0 Å². The number of benzene rings is 2. The summed E-state index contributed by atoms with van der Waals surface area (Å²) >= 11 is 0. The van der Waals surface area contributed by atoms with Crippen molar-refractivity contribution in [2.75, 3.05) is 20.3 Å². The maximum absolute atomic E-state index is 5.93. The van der Waals surface area contributed by atoms with Crippen molar-refractivity contribution in [1.82, 2.24) is 5.32 Å². The molecule has 21 heavy (non-hydrogen) atoms. The van der Waals surface area contributed by atoms with Gasteiger partial charge in [-0.2, -0.15) is 0 Å². The second-order valence-corrected chi connectivity index (χ2v) is 4.92. The molecule has 2 aromatic rings. The van der Waals surface area contributed by atoms with Gasteiger partial charge in [-0.3, -0.25) is 0 Å². The van der Waals surface area contributed by atoms with Gasteiger partial charge in [0, 0.05) is 0 Å². The van der Waals surface area contributed by atoms with E-state index in [0.29, 0.717) is 13.2 Å². The molecule has 0 aromatic heterocycles. The number of ether oxygens (including phenoxy) is 2. The Morgan fingerprint density at radius 3 is 2.33 bits per heavy atom. The lowest BCUT2D eigenvalue weighted by atomic mass is 10.1. The molecule has 0 aliphatic carbocycles.